The van der Waals surface area contributed by atoms with Crippen molar-refractivity contribution in [1.29, 1.82) is 0 Å². The quantitative estimate of drug-likeness (QED) is 0.139. The molecule has 0 aliphatic rings. The molecule has 0 aromatic carbocycles. The van der Waals surface area contributed by atoms with Crippen LogP contribution in [0.3, 0.4) is 0 Å². The van der Waals surface area contributed by atoms with Crippen molar-refractivity contribution in [1.82, 2.24) is 10.6 Å². The second-order valence-corrected chi connectivity index (χ2v) is 5.72. The molecule has 0 saturated heterocycles. The molecular formula is C14H26N4O9S. The Balaban J connectivity index is 0. The number of nitrogens with one attached hydrogen (secondary N) is 2. The summed E-state index contributed by atoms with van der Waals surface area (Å²) >= 11 is 3.87. The predicted octanol–water partition coefficient (Wildman–Crippen LogP) is -3.43. The van der Waals surface area contributed by atoms with E-state index in [-0.39, 0.29) is 31.6 Å². The highest BCUT2D eigenvalue weighted by molar-refractivity contribution is 7.80. The van der Waals surface area contributed by atoms with E-state index in [1.54, 1.807) is 0 Å². The molecule has 2 amide bonds. The maximum absolute atomic E-state index is 11.5. The topological polar surface area (TPSA) is 242 Å². The van der Waals surface area contributed by atoms with Crippen LogP contribution in [0.15, 0.2) is 0 Å². The summed E-state index contributed by atoms with van der Waals surface area (Å²) in [6.45, 7) is -0.740. The first-order chi connectivity index (χ1) is 13.0. The third kappa shape index (κ3) is 14.7. The van der Waals surface area contributed by atoms with E-state index in [9.17, 15) is 24.0 Å². The molecule has 0 aromatic rings. The van der Waals surface area contributed by atoms with Crippen molar-refractivity contribution < 1.29 is 44.4 Å². The number of hydrogen-bond donors (Lipinski definition) is 9. The molecule has 0 spiro atoms. The van der Waals surface area contributed by atoms with E-state index in [4.69, 9.17) is 31.9 Å². The van der Waals surface area contributed by atoms with Crippen LogP contribution in [-0.4, -0.2) is 87.2 Å². The summed E-state index contributed by atoms with van der Waals surface area (Å²) in [4.78, 5) is 53.6. The predicted molar refractivity (Wildman–Crippen MR) is 98.6 cm³/mol. The molecule has 0 aliphatic carbocycles. The highest BCUT2D eigenvalue weighted by atomic mass is 32.1. The third-order valence-electron chi connectivity index (χ3n) is 3.01. The number of carboxylic acid groups (broad SMARTS) is 3. The molecule has 28 heavy (non-hydrogen) atoms. The lowest BCUT2D eigenvalue weighted by atomic mass is 10.1. The SMILES string of the molecule is NC(CCC(=O)NC(CS)C(=O)NCC(=O)O)C(=O)O.N[C@@H](CCO)C(=O)O. The molecule has 0 radical (unpaired) electrons. The fourth-order valence-electron chi connectivity index (χ4n) is 1.42. The Hall–Kier alpha value is -2.42. The first-order valence-corrected chi connectivity index (χ1v) is 8.56. The second-order valence-electron chi connectivity index (χ2n) is 5.35. The fraction of sp³-hybridized carbons (Fsp3) is 0.643. The van der Waals surface area contributed by atoms with Gasteiger partial charge in [-0.05, 0) is 12.8 Å². The van der Waals surface area contributed by atoms with E-state index in [2.05, 4.69) is 23.3 Å². The molecule has 0 aliphatic heterocycles. The molecule has 0 fully saturated rings. The lowest BCUT2D eigenvalue weighted by molar-refractivity contribution is -0.139. The summed E-state index contributed by atoms with van der Waals surface area (Å²) in [7, 11) is 0. The van der Waals surface area contributed by atoms with Crippen molar-refractivity contribution >= 4 is 42.4 Å². The average Bonchev–Trinajstić information content (AvgIpc) is 2.62. The van der Waals surface area contributed by atoms with Crippen LogP contribution in [0.25, 0.3) is 0 Å². The molecule has 13 nitrogen and oxygen atoms in total. The Bertz CT molecular complexity index is 547. The number of amides is 2. The highest BCUT2D eigenvalue weighted by Gasteiger charge is 2.20. The van der Waals surface area contributed by atoms with Gasteiger partial charge in [-0.15, -0.1) is 0 Å². The Morgan fingerprint density at radius 2 is 1.43 bits per heavy atom. The van der Waals surface area contributed by atoms with Crippen LogP contribution in [0.4, 0.5) is 0 Å². The van der Waals surface area contributed by atoms with Crippen molar-refractivity contribution in [2.45, 2.75) is 37.4 Å². The minimum Gasteiger partial charge on any atom is -0.480 e. The fourth-order valence-corrected chi connectivity index (χ4v) is 1.68. The van der Waals surface area contributed by atoms with E-state index in [1.807, 2.05) is 0 Å². The zero-order valence-electron chi connectivity index (χ0n) is 14.9. The third-order valence-corrected chi connectivity index (χ3v) is 3.37. The van der Waals surface area contributed by atoms with Gasteiger partial charge in [0.15, 0.2) is 0 Å². The molecule has 3 atom stereocenters. The van der Waals surface area contributed by atoms with Gasteiger partial charge in [0.1, 0.15) is 24.7 Å². The Morgan fingerprint density at radius 1 is 0.929 bits per heavy atom. The van der Waals surface area contributed by atoms with Crippen LogP contribution in [0.1, 0.15) is 19.3 Å². The summed E-state index contributed by atoms with van der Waals surface area (Å²) in [5, 5.41) is 37.6. The first kappa shape index (κ1) is 27.8. The number of thiol groups is 1. The van der Waals surface area contributed by atoms with Gasteiger partial charge in [-0.25, -0.2) is 0 Å². The summed E-state index contributed by atoms with van der Waals surface area (Å²) in [6, 6.07) is -3.07. The van der Waals surface area contributed by atoms with E-state index in [0.717, 1.165) is 0 Å². The number of carbonyl (C=O) groups is 5. The minimum absolute atomic E-state index is 0.0256. The Morgan fingerprint density at radius 3 is 1.79 bits per heavy atom. The smallest absolute Gasteiger partial charge is 0.322 e. The average molecular weight is 426 g/mol. The van der Waals surface area contributed by atoms with E-state index < -0.39 is 54.4 Å². The van der Waals surface area contributed by atoms with Crippen molar-refractivity contribution in [2.24, 2.45) is 11.5 Å². The van der Waals surface area contributed by atoms with E-state index in [0.29, 0.717) is 0 Å². The molecule has 2 unspecified atom stereocenters. The van der Waals surface area contributed by atoms with Crippen LogP contribution in [0, 0.1) is 0 Å². The van der Waals surface area contributed by atoms with Gasteiger partial charge in [0, 0.05) is 18.8 Å². The molecule has 0 saturated carbocycles. The molecular weight excluding hydrogens is 400 g/mol. The highest BCUT2D eigenvalue weighted by Crippen LogP contribution is 1.97. The van der Waals surface area contributed by atoms with Crippen molar-refractivity contribution in [3.05, 3.63) is 0 Å². The zero-order chi connectivity index (χ0) is 22.3. The van der Waals surface area contributed by atoms with Crippen LogP contribution >= 0.6 is 12.6 Å². The van der Waals surface area contributed by atoms with Crippen LogP contribution < -0.4 is 22.1 Å². The van der Waals surface area contributed by atoms with Crippen LogP contribution in [0.5, 0.6) is 0 Å². The van der Waals surface area contributed by atoms with Gasteiger partial charge in [-0.1, -0.05) is 0 Å². The van der Waals surface area contributed by atoms with Gasteiger partial charge in [-0.3, -0.25) is 24.0 Å². The summed E-state index contributed by atoms with van der Waals surface area (Å²) in [5.74, 6) is -4.77. The van der Waals surface area contributed by atoms with Crippen molar-refractivity contribution in [3.8, 4) is 0 Å². The molecule has 14 heteroatoms. The first-order valence-electron chi connectivity index (χ1n) is 7.93. The number of hydrogen-bond acceptors (Lipinski definition) is 9. The van der Waals surface area contributed by atoms with Gasteiger partial charge in [0.2, 0.25) is 11.8 Å². The number of aliphatic hydroxyl groups excluding tert-OH is 1. The number of carbonyl (C=O) groups excluding carboxylic acids is 2. The standard InChI is InChI=1S/C10H17N3O6S.C4H9NO3/c11-5(10(18)19)1-2-7(14)13-6(4-20)9(17)12-3-8(15)16;5-3(1-2-6)4(7)8/h5-6,20H,1-4,11H2,(H,12,17)(H,13,14)(H,15,16)(H,18,19);3,6H,1-2,5H2,(H,7,8)/t;3-/m.0/s1. The number of aliphatic hydroxyl groups is 1. The molecule has 0 aromatic heterocycles. The van der Waals surface area contributed by atoms with Gasteiger partial charge < -0.3 is 42.5 Å². The molecule has 0 bridgehead atoms. The Labute approximate surface area is 165 Å². The molecule has 10 N–H and O–H groups in total. The number of carboxylic acids is 3. The molecule has 0 rings (SSSR count). The normalized spacial score (nSPS) is 13.1. The maximum atomic E-state index is 11.5. The summed E-state index contributed by atoms with van der Waals surface area (Å²) in [5.41, 5.74) is 10.2. The van der Waals surface area contributed by atoms with Crippen LogP contribution in [0.2, 0.25) is 0 Å². The monoisotopic (exact) mass is 426 g/mol. The number of aliphatic carboxylic acids is 3. The van der Waals surface area contributed by atoms with Crippen LogP contribution in [-0.2, 0) is 24.0 Å². The van der Waals surface area contributed by atoms with Gasteiger partial charge in [-0.2, -0.15) is 12.6 Å². The zero-order valence-corrected chi connectivity index (χ0v) is 15.8. The number of nitrogens with two attached hydrogens (primary N) is 2. The summed E-state index contributed by atoms with van der Waals surface area (Å²) in [6.07, 6.45) is -0.115. The van der Waals surface area contributed by atoms with Gasteiger partial charge in [0.25, 0.3) is 0 Å². The van der Waals surface area contributed by atoms with E-state index >= 15 is 0 Å². The maximum Gasteiger partial charge on any atom is 0.322 e. The second kappa shape index (κ2) is 15.6. The van der Waals surface area contributed by atoms with Gasteiger partial charge >= 0.3 is 17.9 Å². The minimum atomic E-state index is -1.22. The van der Waals surface area contributed by atoms with Gasteiger partial charge in [0.05, 0.1) is 0 Å². The lowest BCUT2D eigenvalue weighted by Crippen LogP contribution is -2.49. The Kier molecular flexibility index (Phi) is 15.5. The molecule has 162 valence electrons. The van der Waals surface area contributed by atoms with Crippen molar-refractivity contribution in [2.75, 3.05) is 18.9 Å². The number of rotatable bonds is 12. The molecule has 0 heterocycles. The lowest BCUT2D eigenvalue weighted by Gasteiger charge is -2.16. The largest absolute Gasteiger partial charge is 0.480 e. The van der Waals surface area contributed by atoms with Crippen molar-refractivity contribution in [3.63, 3.8) is 0 Å². The van der Waals surface area contributed by atoms with E-state index in [1.165, 1.54) is 0 Å². The summed E-state index contributed by atoms with van der Waals surface area (Å²) < 4.78 is 0.